The van der Waals surface area contributed by atoms with Gasteiger partial charge in [-0.25, -0.2) is 4.79 Å². The van der Waals surface area contributed by atoms with Crippen LogP contribution in [-0.4, -0.2) is 49.3 Å². The molecule has 1 amide bonds. The van der Waals surface area contributed by atoms with Crippen molar-refractivity contribution in [2.24, 2.45) is 0 Å². The molecule has 1 saturated heterocycles. The molecule has 0 radical (unpaired) electrons. The Hall–Kier alpha value is -2.87. The molecule has 3 N–H and O–H groups in total. The van der Waals surface area contributed by atoms with E-state index in [9.17, 15) is 9.59 Å². The molecule has 2 aromatic carbocycles. The number of amides is 1. The molecule has 1 fully saturated rings. The van der Waals surface area contributed by atoms with E-state index in [-0.39, 0.29) is 30.3 Å². The number of hydrogen-bond acceptors (Lipinski definition) is 5. The van der Waals surface area contributed by atoms with E-state index >= 15 is 0 Å². The molecule has 33 heavy (non-hydrogen) atoms. The minimum Gasteiger partial charge on any atom is -0.461 e. The average molecular weight is 472 g/mol. The van der Waals surface area contributed by atoms with Crippen LogP contribution in [0.5, 0.6) is 0 Å². The molecule has 0 aliphatic carbocycles. The molecule has 0 spiro atoms. The van der Waals surface area contributed by atoms with Crippen LogP contribution < -0.4 is 10.6 Å². The standard InChI is InChI=1S/C25H29N3O4.ClH/c1-2-31-13-6-14-32-25(30)22-16-18-15-19(9-10-21(18)28-22)27-24(29)23-20(11-12-26-23)17-7-4-3-5-8-17;/h3-5,7-10,15-16,20,23,26,28H,2,6,11-14H2,1H3,(H,27,29);1H/t20-,23+;/m0./s1. The van der Waals surface area contributed by atoms with Gasteiger partial charge in [0.1, 0.15) is 5.69 Å². The Morgan fingerprint density at radius 2 is 1.91 bits per heavy atom. The Morgan fingerprint density at radius 3 is 2.70 bits per heavy atom. The topological polar surface area (TPSA) is 92.4 Å². The molecule has 0 bridgehead atoms. The summed E-state index contributed by atoms with van der Waals surface area (Å²) in [5.74, 6) is -0.305. The molecule has 2 atom stereocenters. The SMILES string of the molecule is CCOCCCOC(=O)c1cc2cc(NC(=O)[C@@H]3NCC[C@H]3c3ccccc3)ccc2[nH]1.Cl. The van der Waals surface area contributed by atoms with Crippen molar-refractivity contribution < 1.29 is 19.1 Å². The second kappa shape index (κ2) is 11.8. The van der Waals surface area contributed by atoms with Gasteiger partial charge in [-0.15, -0.1) is 12.4 Å². The molecular formula is C25H30ClN3O4. The van der Waals surface area contributed by atoms with Crippen LogP contribution in [0.1, 0.15) is 41.7 Å². The number of aromatic nitrogens is 1. The van der Waals surface area contributed by atoms with Gasteiger partial charge in [0.15, 0.2) is 0 Å². The van der Waals surface area contributed by atoms with E-state index in [0.717, 1.165) is 23.9 Å². The normalized spacial score (nSPS) is 17.5. The van der Waals surface area contributed by atoms with Crippen molar-refractivity contribution in [1.29, 1.82) is 0 Å². The first-order valence-corrected chi connectivity index (χ1v) is 11.1. The number of benzene rings is 2. The maximum atomic E-state index is 13.0. The number of esters is 1. The quantitative estimate of drug-likeness (QED) is 0.320. The monoisotopic (exact) mass is 471 g/mol. The Labute approximate surface area is 199 Å². The first kappa shape index (κ1) is 24.8. The first-order chi connectivity index (χ1) is 15.7. The maximum absolute atomic E-state index is 13.0. The van der Waals surface area contributed by atoms with Crippen LogP contribution >= 0.6 is 12.4 Å². The third-order valence-electron chi connectivity index (χ3n) is 5.71. The number of aromatic amines is 1. The van der Waals surface area contributed by atoms with E-state index in [4.69, 9.17) is 9.47 Å². The summed E-state index contributed by atoms with van der Waals surface area (Å²) in [6.07, 6.45) is 1.59. The number of carbonyl (C=O) groups excluding carboxylic acids is 2. The summed E-state index contributed by atoms with van der Waals surface area (Å²) in [5, 5.41) is 7.18. The van der Waals surface area contributed by atoms with E-state index in [1.807, 2.05) is 43.3 Å². The third kappa shape index (κ3) is 6.13. The van der Waals surface area contributed by atoms with Crippen LogP contribution in [0.4, 0.5) is 5.69 Å². The lowest BCUT2D eigenvalue weighted by Crippen LogP contribution is -2.39. The Balaban J connectivity index is 0.00000306. The van der Waals surface area contributed by atoms with Crippen LogP contribution in [0.3, 0.4) is 0 Å². The number of fused-ring (bicyclic) bond motifs is 1. The van der Waals surface area contributed by atoms with E-state index in [1.165, 1.54) is 5.56 Å². The number of hydrogen-bond donors (Lipinski definition) is 3. The molecule has 1 aliphatic rings. The summed E-state index contributed by atoms with van der Waals surface area (Å²) in [6.45, 7) is 4.27. The van der Waals surface area contributed by atoms with Crippen LogP contribution in [-0.2, 0) is 14.3 Å². The van der Waals surface area contributed by atoms with Gasteiger partial charge in [-0.1, -0.05) is 30.3 Å². The largest absolute Gasteiger partial charge is 0.461 e. The number of anilines is 1. The number of ether oxygens (including phenoxy) is 2. The van der Waals surface area contributed by atoms with Gasteiger partial charge in [-0.05, 0) is 49.7 Å². The third-order valence-corrected chi connectivity index (χ3v) is 5.71. The van der Waals surface area contributed by atoms with E-state index in [1.54, 1.807) is 6.07 Å². The lowest BCUT2D eigenvalue weighted by atomic mass is 9.91. The molecular weight excluding hydrogens is 442 g/mol. The highest BCUT2D eigenvalue weighted by Crippen LogP contribution is 2.29. The molecule has 4 rings (SSSR count). The van der Waals surface area contributed by atoms with Crippen molar-refractivity contribution in [2.45, 2.75) is 31.7 Å². The maximum Gasteiger partial charge on any atom is 0.354 e. The number of nitrogens with one attached hydrogen (secondary N) is 3. The van der Waals surface area contributed by atoms with Crippen molar-refractivity contribution >= 4 is 40.9 Å². The highest BCUT2D eigenvalue weighted by molar-refractivity contribution is 5.99. The summed E-state index contributed by atoms with van der Waals surface area (Å²) >= 11 is 0. The molecule has 7 nitrogen and oxygen atoms in total. The van der Waals surface area contributed by atoms with E-state index in [2.05, 4.69) is 27.8 Å². The van der Waals surface area contributed by atoms with Crippen LogP contribution in [0.25, 0.3) is 10.9 Å². The van der Waals surface area contributed by atoms with Gasteiger partial charge < -0.3 is 25.1 Å². The number of H-pyrrole nitrogens is 1. The molecule has 3 aromatic rings. The van der Waals surface area contributed by atoms with Crippen molar-refractivity contribution in [3.05, 3.63) is 65.9 Å². The predicted molar refractivity (Wildman–Crippen MR) is 131 cm³/mol. The summed E-state index contributed by atoms with van der Waals surface area (Å²) < 4.78 is 10.5. The van der Waals surface area contributed by atoms with Crippen molar-refractivity contribution in [1.82, 2.24) is 10.3 Å². The Bertz CT molecular complexity index is 1070. The van der Waals surface area contributed by atoms with Crippen molar-refractivity contribution in [2.75, 3.05) is 31.7 Å². The van der Waals surface area contributed by atoms with Gasteiger partial charge in [0, 0.05) is 42.1 Å². The number of halogens is 1. The van der Waals surface area contributed by atoms with Crippen LogP contribution in [0, 0.1) is 0 Å². The van der Waals surface area contributed by atoms with Gasteiger partial charge in [0.2, 0.25) is 5.91 Å². The molecule has 1 aromatic heterocycles. The minimum atomic E-state index is -0.399. The number of carbonyl (C=O) groups is 2. The highest BCUT2D eigenvalue weighted by atomic mass is 35.5. The minimum absolute atomic E-state index is 0. The highest BCUT2D eigenvalue weighted by Gasteiger charge is 2.33. The zero-order valence-electron chi connectivity index (χ0n) is 18.6. The average Bonchev–Trinajstić information content (AvgIpc) is 3.46. The van der Waals surface area contributed by atoms with Crippen LogP contribution in [0.15, 0.2) is 54.6 Å². The van der Waals surface area contributed by atoms with Gasteiger partial charge in [0.25, 0.3) is 0 Å². The fourth-order valence-electron chi connectivity index (χ4n) is 4.13. The summed E-state index contributed by atoms with van der Waals surface area (Å²) in [6, 6.07) is 17.2. The molecule has 8 heteroatoms. The molecule has 2 heterocycles. The molecule has 1 aliphatic heterocycles. The fourth-order valence-corrected chi connectivity index (χ4v) is 4.13. The van der Waals surface area contributed by atoms with Gasteiger partial charge in [-0.2, -0.15) is 0 Å². The lowest BCUT2D eigenvalue weighted by Gasteiger charge is -2.19. The Morgan fingerprint density at radius 1 is 1.09 bits per heavy atom. The summed E-state index contributed by atoms with van der Waals surface area (Å²) in [4.78, 5) is 28.3. The van der Waals surface area contributed by atoms with Gasteiger partial charge in [-0.3, -0.25) is 4.79 Å². The van der Waals surface area contributed by atoms with Crippen molar-refractivity contribution in [3.63, 3.8) is 0 Å². The van der Waals surface area contributed by atoms with E-state index < -0.39 is 5.97 Å². The second-order valence-electron chi connectivity index (χ2n) is 7.90. The Kier molecular flexibility index (Phi) is 8.88. The van der Waals surface area contributed by atoms with Gasteiger partial charge in [0.05, 0.1) is 12.6 Å². The predicted octanol–water partition coefficient (Wildman–Crippen LogP) is 4.26. The van der Waals surface area contributed by atoms with E-state index in [0.29, 0.717) is 37.6 Å². The van der Waals surface area contributed by atoms with Crippen molar-refractivity contribution in [3.8, 4) is 0 Å². The molecule has 0 unspecified atom stereocenters. The zero-order valence-corrected chi connectivity index (χ0v) is 19.5. The molecule has 176 valence electrons. The fraction of sp³-hybridized carbons (Fsp3) is 0.360. The number of rotatable bonds is 9. The zero-order chi connectivity index (χ0) is 22.3. The summed E-state index contributed by atoms with van der Waals surface area (Å²) in [5.41, 5.74) is 3.06. The second-order valence-corrected chi connectivity index (χ2v) is 7.90. The first-order valence-electron chi connectivity index (χ1n) is 11.1. The summed E-state index contributed by atoms with van der Waals surface area (Å²) in [7, 11) is 0. The molecule has 0 saturated carbocycles. The lowest BCUT2D eigenvalue weighted by molar-refractivity contribution is -0.118. The van der Waals surface area contributed by atoms with Crippen LogP contribution in [0.2, 0.25) is 0 Å². The van der Waals surface area contributed by atoms with Gasteiger partial charge >= 0.3 is 5.97 Å². The smallest absolute Gasteiger partial charge is 0.354 e.